The molecule has 1 aromatic carbocycles. The van der Waals surface area contributed by atoms with Crippen LogP contribution in [0.2, 0.25) is 0 Å². The quantitative estimate of drug-likeness (QED) is 0.737. The largest absolute Gasteiger partial charge is 0.497 e. The number of hydrogen-bond donors (Lipinski definition) is 0. The van der Waals surface area contributed by atoms with Gasteiger partial charge in [0.1, 0.15) is 5.75 Å². The van der Waals surface area contributed by atoms with E-state index >= 15 is 0 Å². The summed E-state index contributed by atoms with van der Waals surface area (Å²) in [6.07, 6.45) is 0. The summed E-state index contributed by atoms with van der Waals surface area (Å²) in [6.45, 7) is 4.13. The highest BCUT2D eigenvalue weighted by molar-refractivity contribution is 5.42. The van der Waals surface area contributed by atoms with Gasteiger partial charge in [-0.2, -0.15) is 0 Å². The van der Waals surface area contributed by atoms with E-state index in [2.05, 4.69) is 42.4 Å². The first-order chi connectivity index (χ1) is 8.45. The Balaban J connectivity index is 2.75. The van der Waals surface area contributed by atoms with Crippen LogP contribution in [0.15, 0.2) is 24.3 Å². The summed E-state index contributed by atoms with van der Waals surface area (Å²) < 4.78 is 5.08. The molecule has 0 fully saturated rings. The molecule has 0 aliphatic rings. The highest BCUT2D eigenvalue weighted by atomic mass is 16.5. The molecule has 2 heteroatoms. The second-order valence-corrected chi connectivity index (χ2v) is 4.68. The molecule has 0 aliphatic carbocycles. The molecule has 0 atom stereocenters. The maximum atomic E-state index is 5.08. The Labute approximate surface area is 110 Å². The first-order valence-electron chi connectivity index (χ1n) is 5.80. The van der Waals surface area contributed by atoms with Crippen molar-refractivity contribution >= 4 is 0 Å². The molecular formula is C16H19NO. The average molecular weight is 241 g/mol. The van der Waals surface area contributed by atoms with Crippen molar-refractivity contribution in [2.24, 2.45) is 0 Å². The van der Waals surface area contributed by atoms with Crippen molar-refractivity contribution in [3.8, 4) is 29.4 Å². The van der Waals surface area contributed by atoms with Crippen LogP contribution < -0.4 is 4.74 Å². The minimum atomic E-state index is -0.158. The zero-order valence-electron chi connectivity index (χ0n) is 11.7. The summed E-state index contributed by atoms with van der Waals surface area (Å²) in [5.41, 5.74) is 0.780. The van der Waals surface area contributed by atoms with Crippen molar-refractivity contribution in [1.82, 2.24) is 4.90 Å². The zero-order valence-corrected chi connectivity index (χ0v) is 11.7. The molecule has 2 nitrogen and oxygen atoms in total. The SMILES string of the molecule is COc1ccc(C#CC#CC(C)(C)N(C)C)cc1. The van der Waals surface area contributed by atoms with Gasteiger partial charge in [-0.15, -0.1) is 0 Å². The number of benzene rings is 1. The number of ether oxygens (including phenoxy) is 1. The standard InChI is InChI=1S/C16H19NO/c1-16(2,17(3)4)13-7-6-8-14-9-11-15(18-5)12-10-14/h9-12H,1-5H3. The summed E-state index contributed by atoms with van der Waals surface area (Å²) in [4.78, 5) is 2.06. The molecule has 0 saturated heterocycles. The zero-order chi connectivity index (χ0) is 13.6. The molecule has 0 saturated carbocycles. The molecule has 94 valence electrons. The number of methoxy groups -OCH3 is 1. The van der Waals surface area contributed by atoms with Crippen molar-refractivity contribution in [2.45, 2.75) is 19.4 Å². The lowest BCUT2D eigenvalue weighted by Crippen LogP contribution is -2.36. The van der Waals surface area contributed by atoms with Crippen molar-refractivity contribution in [3.05, 3.63) is 29.8 Å². The Hall–Kier alpha value is -1.90. The predicted octanol–water partition coefficient (Wildman–Crippen LogP) is 2.39. The fourth-order valence-corrected chi connectivity index (χ4v) is 1.07. The van der Waals surface area contributed by atoms with Gasteiger partial charge < -0.3 is 4.74 Å². The molecule has 0 unspecified atom stereocenters. The van der Waals surface area contributed by atoms with E-state index in [4.69, 9.17) is 4.74 Å². The van der Waals surface area contributed by atoms with Gasteiger partial charge in [0.2, 0.25) is 0 Å². The van der Waals surface area contributed by atoms with Gasteiger partial charge in [-0.3, -0.25) is 4.90 Å². The van der Waals surface area contributed by atoms with Crippen molar-refractivity contribution in [2.75, 3.05) is 21.2 Å². The van der Waals surface area contributed by atoms with E-state index in [1.165, 1.54) is 0 Å². The molecule has 0 amide bonds. The summed E-state index contributed by atoms with van der Waals surface area (Å²) in [7, 11) is 5.66. The summed E-state index contributed by atoms with van der Waals surface area (Å²) in [6, 6.07) is 7.62. The van der Waals surface area contributed by atoms with E-state index in [-0.39, 0.29) is 5.54 Å². The van der Waals surface area contributed by atoms with Crippen LogP contribution in [-0.4, -0.2) is 31.6 Å². The normalized spacial score (nSPS) is 10.1. The van der Waals surface area contributed by atoms with Gasteiger partial charge in [-0.1, -0.05) is 11.8 Å². The lowest BCUT2D eigenvalue weighted by atomic mass is 10.1. The van der Waals surface area contributed by atoms with E-state index in [9.17, 15) is 0 Å². The average Bonchev–Trinajstić information content (AvgIpc) is 2.35. The van der Waals surface area contributed by atoms with Crippen LogP contribution in [0.1, 0.15) is 19.4 Å². The van der Waals surface area contributed by atoms with Crippen LogP contribution in [0, 0.1) is 23.7 Å². The van der Waals surface area contributed by atoms with Crippen LogP contribution in [0.4, 0.5) is 0 Å². The first-order valence-corrected chi connectivity index (χ1v) is 5.80. The highest BCUT2D eigenvalue weighted by Gasteiger charge is 2.15. The molecule has 0 spiro atoms. The Morgan fingerprint density at radius 1 is 1.06 bits per heavy atom. The molecule has 1 rings (SSSR count). The monoisotopic (exact) mass is 241 g/mol. The number of nitrogens with zero attached hydrogens (tertiary/aromatic N) is 1. The van der Waals surface area contributed by atoms with Gasteiger partial charge in [0.05, 0.1) is 12.6 Å². The van der Waals surface area contributed by atoms with Crippen LogP contribution in [0.5, 0.6) is 5.75 Å². The second kappa shape index (κ2) is 6.15. The Morgan fingerprint density at radius 2 is 1.67 bits per heavy atom. The van der Waals surface area contributed by atoms with Gasteiger partial charge >= 0.3 is 0 Å². The van der Waals surface area contributed by atoms with E-state index in [0.717, 1.165) is 11.3 Å². The number of hydrogen-bond acceptors (Lipinski definition) is 2. The molecular weight excluding hydrogens is 222 g/mol. The van der Waals surface area contributed by atoms with E-state index < -0.39 is 0 Å². The Morgan fingerprint density at radius 3 is 2.17 bits per heavy atom. The van der Waals surface area contributed by atoms with Crippen LogP contribution in [0.25, 0.3) is 0 Å². The molecule has 18 heavy (non-hydrogen) atoms. The Kier molecular flexibility index (Phi) is 4.84. The lowest BCUT2D eigenvalue weighted by Gasteiger charge is -2.26. The molecule has 1 aromatic rings. The van der Waals surface area contributed by atoms with Gasteiger partial charge in [0, 0.05) is 5.56 Å². The van der Waals surface area contributed by atoms with Crippen LogP contribution >= 0.6 is 0 Å². The second-order valence-electron chi connectivity index (χ2n) is 4.68. The fourth-order valence-electron chi connectivity index (χ4n) is 1.07. The highest BCUT2D eigenvalue weighted by Crippen LogP contribution is 2.10. The lowest BCUT2D eigenvalue weighted by molar-refractivity contribution is 0.263. The van der Waals surface area contributed by atoms with Crippen LogP contribution in [-0.2, 0) is 0 Å². The maximum Gasteiger partial charge on any atom is 0.118 e. The van der Waals surface area contributed by atoms with E-state index in [1.807, 2.05) is 38.4 Å². The topological polar surface area (TPSA) is 12.5 Å². The fraction of sp³-hybridized carbons (Fsp3) is 0.375. The molecule has 0 aromatic heterocycles. The van der Waals surface area contributed by atoms with Gasteiger partial charge in [0.25, 0.3) is 0 Å². The minimum absolute atomic E-state index is 0.158. The minimum Gasteiger partial charge on any atom is -0.497 e. The van der Waals surface area contributed by atoms with Crippen molar-refractivity contribution < 1.29 is 4.74 Å². The summed E-state index contributed by atoms with van der Waals surface area (Å²) in [5, 5.41) is 0. The predicted molar refractivity (Wildman–Crippen MR) is 75.4 cm³/mol. The molecule has 0 heterocycles. The molecule has 0 N–H and O–H groups in total. The van der Waals surface area contributed by atoms with E-state index in [1.54, 1.807) is 7.11 Å². The molecule has 0 radical (unpaired) electrons. The van der Waals surface area contributed by atoms with E-state index in [0.29, 0.717) is 0 Å². The molecule has 0 bridgehead atoms. The summed E-state index contributed by atoms with van der Waals surface area (Å²) >= 11 is 0. The third-order valence-electron chi connectivity index (χ3n) is 2.85. The number of rotatable bonds is 2. The van der Waals surface area contributed by atoms with Gasteiger partial charge in [-0.25, -0.2) is 0 Å². The maximum absolute atomic E-state index is 5.08. The van der Waals surface area contributed by atoms with Crippen LogP contribution in [0.3, 0.4) is 0 Å². The Bertz CT molecular complexity index is 504. The third kappa shape index (κ3) is 4.17. The van der Waals surface area contributed by atoms with Gasteiger partial charge in [-0.05, 0) is 64.0 Å². The first kappa shape index (κ1) is 14.2. The smallest absolute Gasteiger partial charge is 0.118 e. The van der Waals surface area contributed by atoms with Crippen molar-refractivity contribution in [3.63, 3.8) is 0 Å². The summed E-state index contributed by atoms with van der Waals surface area (Å²) in [5.74, 6) is 12.7. The third-order valence-corrected chi connectivity index (χ3v) is 2.85. The van der Waals surface area contributed by atoms with Crippen molar-refractivity contribution in [1.29, 1.82) is 0 Å². The molecule has 0 aliphatic heterocycles. The van der Waals surface area contributed by atoms with Gasteiger partial charge in [0.15, 0.2) is 0 Å².